The molecular weight excluding hydrogens is 200 g/mol. The molecule has 16 heavy (non-hydrogen) atoms. The molecule has 1 fully saturated rings. The summed E-state index contributed by atoms with van der Waals surface area (Å²) in [7, 11) is 0. The van der Waals surface area contributed by atoms with Gasteiger partial charge in [0, 0.05) is 12.1 Å². The van der Waals surface area contributed by atoms with Gasteiger partial charge in [0.25, 0.3) is 0 Å². The van der Waals surface area contributed by atoms with Gasteiger partial charge >= 0.3 is 0 Å². The number of hydrogen-bond acceptors (Lipinski definition) is 2. The van der Waals surface area contributed by atoms with Gasteiger partial charge in [-0.15, -0.1) is 0 Å². The molecule has 0 bridgehead atoms. The van der Waals surface area contributed by atoms with Gasteiger partial charge in [-0.25, -0.2) is 0 Å². The number of rotatable bonds is 2. The quantitative estimate of drug-likeness (QED) is 0.829. The van der Waals surface area contributed by atoms with E-state index in [1.54, 1.807) is 6.20 Å². The van der Waals surface area contributed by atoms with Crippen molar-refractivity contribution >= 4 is 11.6 Å². The van der Waals surface area contributed by atoms with Gasteiger partial charge in [-0.2, -0.15) is 0 Å². The number of aryl methyl sites for hydroxylation is 1. The predicted molar refractivity (Wildman–Crippen MR) is 64.2 cm³/mol. The van der Waals surface area contributed by atoms with Crippen molar-refractivity contribution in [2.75, 3.05) is 5.32 Å². The minimum atomic E-state index is 0.163. The molecule has 1 heterocycles. The molecule has 0 unspecified atom stereocenters. The normalized spacial score (nSPS) is 17.1. The average Bonchev–Trinajstić information content (AvgIpc) is 2.33. The third kappa shape index (κ3) is 2.60. The Bertz CT molecular complexity index is 370. The van der Waals surface area contributed by atoms with Crippen molar-refractivity contribution in [2.45, 2.75) is 39.0 Å². The van der Waals surface area contributed by atoms with E-state index < -0.39 is 0 Å². The number of anilines is 1. The molecule has 3 heteroatoms. The van der Waals surface area contributed by atoms with Crippen LogP contribution in [0.15, 0.2) is 18.3 Å². The van der Waals surface area contributed by atoms with Crippen LogP contribution >= 0.6 is 0 Å². The Kier molecular flexibility index (Phi) is 3.54. The molecule has 3 nitrogen and oxygen atoms in total. The Morgan fingerprint density at radius 2 is 2.12 bits per heavy atom. The van der Waals surface area contributed by atoms with E-state index >= 15 is 0 Å². The van der Waals surface area contributed by atoms with E-state index in [-0.39, 0.29) is 11.8 Å². The topological polar surface area (TPSA) is 42.0 Å². The zero-order valence-corrected chi connectivity index (χ0v) is 9.70. The molecular formula is C13H18N2O. The van der Waals surface area contributed by atoms with Crippen LogP contribution in [-0.4, -0.2) is 10.9 Å². The lowest BCUT2D eigenvalue weighted by Crippen LogP contribution is -2.25. The van der Waals surface area contributed by atoms with Gasteiger partial charge in [-0.1, -0.05) is 19.3 Å². The molecule has 0 aliphatic heterocycles. The van der Waals surface area contributed by atoms with Crippen molar-refractivity contribution in [2.24, 2.45) is 5.92 Å². The van der Waals surface area contributed by atoms with Crippen molar-refractivity contribution in [1.29, 1.82) is 0 Å². The number of pyridine rings is 1. The number of hydrogen-bond donors (Lipinski definition) is 1. The Balaban J connectivity index is 1.99. The van der Waals surface area contributed by atoms with Gasteiger partial charge in [0.05, 0.1) is 11.4 Å². The maximum atomic E-state index is 12.0. The molecule has 86 valence electrons. The highest BCUT2D eigenvalue weighted by Crippen LogP contribution is 2.25. The van der Waals surface area contributed by atoms with Crippen LogP contribution in [0.1, 0.15) is 37.8 Å². The SMILES string of the molecule is Cc1ncccc1NC(=O)C1CCCCC1. The number of nitrogens with one attached hydrogen (secondary N) is 1. The third-order valence-electron chi connectivity index (χ3n) is 3.24. The Labute approximate surface area is 96.3 Å². The highest BCUT2D eigenvalue weighted by atomic mass is 16.1. The Morgan fingerprint density at radius 1 is 1.38 bits per heavy atom. The summed E-state index contributed by atoms with van der Waals surface area (Å²) in [5.41, 5.74) is 1.73. The molecule has 1 aliphatic rings. The second-order valence-corrected chi connectivity index (χ2v) is 4.46. The summed E-state index contributed by atoms with van der Waals surface area (Å²) < 4.78 is 0. The summed E-state index contributed by atoms with van der Waals surface area (Å²) in [6.07, 6.45) is 7.45. The smallest absolute Gasteiger partial charge is 0.227 e. The summed E-state index contributed by atoms with van der Waals surface area (Å²) in [6, 6.07) is 3.76. The maximum absolute atomic E-state index is 12.0. The summed E-state index contributed by atoms with van der Waals surface area (Å²) in [6.45, 7) is 1.91. The minimum absolute atomic E-state index is 0.163. The highest BCUT2D eigenvalue weighted by molar-refractivity contribution is 5.92. The molecule has 1 aliphatic carbocycles. The van der Waals surface area contributed by atoms with Gasteiger partial charge in [-0.05, 0) is 31.9 Å². The molecule has 0 aromatic carbocycles. The predicted octanol–water partition coefficient (Wildman–Crippen LogP) is 2.91. The molecule has 0 spiro atoms. The van der Waals surface area contributed by atoms with E-state index in [1.807, 2.05) is 19.1 Å². The zero-order chi connectivity index (χ0) is 11.4. The molecule has 0 saturated heterocycles. The number of aromatic nitrogens is 1. The van der Waals surface area contributed by atoms with Gasteiger partial charge in [0.1, 0.15) is 0 Å². The summed E-state index contributed by atoms with van der Waals surface area (Å²) >= 11 is 0. The third-order valence-corrected chi connectivity index (χ3v) is 3.24. The summed E-state index contributed by atoms with van der Waals surface area (Å²) in [5, 5.41) is 2.98. The van der Waals surface area contributed by atoms with E-state index in [0.717, 1.165) is 24.2 Å². The molecule has 1 aromatic heterocycles. The zero-order valence-electron chi connectivity index (χ0n) is 9.70. The van der Waals surface area contributed by atoms with Gasteiger partial charge in [-0.3, -0.25) is 9.78 Å². The van der Waals surface area contributed by atoms with Gasteiger partial charge < -0.3 is 5.32 Å². The van der Waals surface area contributed by atoms with Gasteiger partial charge in [0.15, 0.2) is 0 Å². The second-order valence-electron chi connectivity index (χ2n) is 4.46. The van der Waals surface area contributed by atoms with E-state index in [1.165, 1.54) is 19.3 Å². The number of amides is 1. The lowest BCUT2D eigenvalue weighted by molar-refractivity contribution is -0.120. The molecule has 1 amide bonds. The fourth-order valence-electron chi connectivity index (χ4n) is 2.22. The number of nitrogens with zero attached hydrogens (tertiary/aromatic N) is 1. The molecule has 2 rings (SSSR count). The van der Waals surface area contributed by atoms with E-state index in [2.05, 4.69) is 10.3 Å². The van der Waals surface area contributed by atoms with Crippen LogP contribution in [0.4, 0.5) is 5.69 Å². The van der Waals surface area contributed by atoms with Crippen molar-refractivity contribution in [1.82, 2.24) is 4.98 Å². The summed E-state index contributed by atoms with van der Waals surface area (Å²) in [5.74, 6) is 0.365. The first kappa shape index (κ1) is 11.1. The van der Waals surface area contributed by atoms with Crippen molar-refractivity contribution in [3.63, 3.8) is 0 Å². The second kappa shape index (κ2) is 5.10. The van der Waals surface area contributed by atoms with E-state index in [0.29, 0.717) is 0 Å². The lowest BCUT2D eigenvalue weighted by Gasteiger charge is -2.21. The fourth-order valence-corrected chi connectivity index (χ4v) is 2.22. The van der Waals surface area contributed by atoms with Crippen LogP contribution in [0.5, 0.6) is 0 Å². The Hall–Kier alpha value is -1.38. The van der Waals surface area contributed by atoms with Crippen molar-refractivity contribution < 1.29 is 4.79 Å². The van der Waals surface area contributed by atoms with Crippen LogP contribution in [0.2, 0.25) is 0 Å². The average molecular weight is 218 g/mol. The molecule has 1 aromatic rings. The van der Waals surface area contributed by atoms with E-state index in [9.17, 15) is 4.79 Å². The van der Waals surface area contributed by atoms with Crippen LogP contribution in [0.25, 0.3) is 0 Å². The Morgan fingerprint density at radius 3 is 2.81 bits per heavy atom. The van der Waals surface area contributed by atoms with Crippen LogP contribution < -0.4 is 5.32 Å². The fraction of sp³-hybridized carbons (Fsp3) is 0.538. The first-order valence-electron chi connectivity index (χ1n) is 6.00. The van der Waals surface area contributed by atoms with Crippen molar-refractivity contribution in [3.05, 3.63) is 24.0 Å². The van der Waals surface area contributed by atoms with Crippen LogP contribution in [0.3, 0.4) is 0 Å². The first-order valence-corrected chi connectivity index (χ1v) is 6.00. The molecule has 1 N–H and O–H groups in total. The lowest BCUT2D eigenvalue weighted by atomic mass is 9.88. The molecule has 0 atom stereocenters. The van der Waals surface area contributed by atoms with Crippen LogP contribution in [0, 0.1) is 12.8 Å². The monoisotopic (exact) mass is 218 g/mol. The number of carbonyl (C=O) groups is 1. The minimum Gasteiger partial charge on any atom is -0.324 e. The van der Waals surface area contributed by atoms with Crippen LogP contribution in [-0.2, 0) is 4.79 Å². The maximum Gasteiger partial charge on any atom is 0.227 e. The van der Waals surface area contributed by atoms with E-state index in [4.69, 9.17) is 0 Å². The summed E-state index contributed by atoms with van der Waals surface area (Å²) in [4.78, 5) is 16.1. The largest absolute Gasteiger partial charge is 0.324 e. The van der Waals surface area contributed by atoms with Crippen molar-refractivity contribution in [3.8, 4) is 0 Å². The number of carbonyl (C=O) groups excluding carboxylic acids is 1. The molecule has 1 saturated carbocycles. The standard InChI is InChI=1S/C13H18N2O/c1-10-12(8-5-9-14-10)15-13(16)11-6-3-2-4-7-11/h5,8-9,11H,2-4,6-7H2,1H3,(H,15,16). The first-order chi connectivity index (χ1) is 7.77. The van der Waals surface area contributed by atoms with Gasteiger partial charge in [0.2, 0.25) is 5.91 Å². The highest BCUT2D eigenvalue weighted by Gasteiger charge is 2.21. The molecule has 0 radical (unpaired) electrons.